The standard InChI is InChI=1S/C33H33N3O5S/c37-32(20-17-26-15-18-28(19-16-26)42(39,40)35-23-27-11-5-2-6-12-27)36-24-31(41-30-14-8-7-13-29(30)36)33(38)34-22-21-25-9-3-1-4-10-25/h1-16,18-19,31,35H,17,20-24H2,(H,34,38)/t31-/m1/s1. The van der Waals surface area contributed by atoms with Crippen molar-refractivity contribution in [2.75, 3.05) is 18.0 Å². The van der Waals surface area contributed by atoms with Crippen LogP contribution in [0.25, 0.3) is 0 Å². The van der Waals surface area contributed by atoms with E-state index in [4.69, 9.17) is 4.74 Å². The van der Waals surface area contributed by atoms with E-state index in [2.05, 4.69) is 10.0 Å². The molecule has 216 valence electrons. The fourth-order valence-electron chi connectivity index (χ4n) is 4.77. The summed E-state index contributed by atoms with van der Waals surface area (Å²) in [6.07, 6.45) is 0.480. The number of aryl methyl sites for hydroxylation is 1. The maximum Gasteiger partial charge on any atom is 0.262 e. The van der Waals surface area contributed by atoms with Crippen LogP contribution in [0.2, 0.25) is 0 Å². The maximum absolute atomic E-state index is 13.4. The Labute approximate surface area is 246 Å². The molecule has 0 spiro atoms. The first-order valence-corrected chi connectivity index (χ1v) is 15.4. The van der Waals surface area contributed by atoms with Crippen LogP contribution in [-0.2, 0) is 39.0 Å². The largest absolute Gasteiger partial charge is 0.477 e. The van der Waals surface area contributed by atoms with Gasteiger partial charge >= 0.3 is 0 Å². The minimum atomic E-state index is -3.67. The lowest BCUT2D eigenvalue weighted by molar-refractivity contribution is -0.128. The minimum absolute atomic E-state index is 0.108. The topological polar surface area (TPSA) is 105 Å². The predicted molar refractivity (Wildman–Crippen MR) is 162 cm³/mol. The van der Waals surface area contributed by atoms with Crippen LogP contribution in [0.4, 0.5) is 5.69 Å². The Bertz CT molecular complexity index is 1610. The molecule has 0 fully saturated rings. The van der Waals surface area contributed by atoms with E-state index in [-0.39, 0.29) is 36.2 Å². The van der Waals surface area contributed by atoms with Gasteiger partial charge in [-0.1, -0.05) is 84.9 Å². The molecule has 1 atom stereocenters. The van der Waals surface area contributed by atoms with Gasteiger partial charge in [0.05, 0.1) is 17.1 Å². The molecule has 2 N–H and O–H groups in total. The Kier molecular flexibility index (Phi) is 9.31. The molecule has 4 aromatic rings. The van der Waals surface area contributed by atoms with Crippen molar-refractivity contribution in [1.29, 1.82) is 0 Å². The molecule has 0 saturated carbocycles. The van der Waals surface area contributed by atoms with Crippen LogP contribution in [0, 0.1) is 0 Å². The summed E-state index contributed by atoms with van der Waals surface area (Å²) in [6, 6.07) is 32.9. The number of nitrogens with zero attached hydrogens (tertiary/aromatic N) is 1. The molecule has 0 bridgehead atoms. The number of hydrogen-bond acceptors (Lipinski definition) is 5. The van der Waals surface area contributed by atoms with Crippen LogP contribution < -0.4 is 19.7 Å². The SMILES string of the molecule is O=C(NCCc1ccccc1)[C@H]1CN(C(=O)CCc2ccc(S(=O)(=O)NCc3ccccc3)cc2)c2ccccc2O1. The van der Waals surface area contributed by atoms with Gasteiger partial charge in [-0.2, -0.15) is 0 Å². The number of amides is 2. The molecule has 8 nitrogen and oxygen atoms in total. The Morgan fingerprint density at radius 3 is 2.10 bits per heavy atom. The molecular formula is C33H33N3O5S. The van der Waals surface area contributed by atoms with Crippen LogP contribution in [0.15, 0.2) is 114 Å². The third-order valence-corrected chi connectivity index (χ3v) is 8.51. The van der Waals surface area contributed by atoms with Gasteiger partial charge in [0.1, 0.15) is 5.75 Å². The summed E-state index contributed by atoms with van der Waals surface area (Å²) in [5.41, 5.74) is 3.45. The van der Waals surface area contributed by atoms with E-state index in [9.17, 15) is 18.0 Å². The van der Waals surface area contributed by atoms with E-state index in [0.717, 1.165) is 16.7 Å². The molecular weight excluding hydrogens is 550 g/mol. The van der Waals surface area contributed by atoms with E-state index >= 15 is 0 Å². The molecule has 1 aliphatic heterocycles. The zero-order valence-electron chi connectivity index (χ0n) is 23.1. The summed E-state index contributed by atoms with van der Waals surface area (Å²) in [5, 5.41) is 2.93. The van der Waals surface area contributed by atoms with E-state index in [0.29, 0.717) is 30.8 Å². The molecule has 0 unspecified atom stereocenters. The molecule has 0 radical (unpaired) electrons. The normalized spacial score (nSPS) is 14.5. The van der Waals surface area contributed by atoms with Gasteiger partial charge in [0.25, 0.3) is 5.91 Å². The summed E-state index contributed by atoms with van der Waals surface area (Å²) in [6.45, 7) is 0.773. The van der Waals surface area contributed by atoms with E-state index in [1.165, 1.54) is 0 Å². The first-order valence-electron chi connectivity index (χ1n) is 13.9. The second-order valence-corrected chi connectivity index (χ2v) is 11.8. The number of benzene rings is 4. The smallest absolute Gasteiger partial charge is 0.262 e. The number of nitrogens with one attached hydrogen (secondary N) is 2. The molecule has 0 saturated heterocycles. The maximum atomic E-state index is 13.4. The van der Waals surface area contributed by atoms with Crippen molar-refractivity contribution in [2.24, 2.45) is 0 Å². The zero-order chi connectivity index (χ0) is 29.4. The summed E-state index contributed by atoms with van der Waals surface area (Å²) in [5.74, 6) is 0.0721. The van der Waals surface area contributed by atoms with E-state index < -0.39 is 16.1 Å². The number of sulfonamides is 1. The van der Waals surface area contributed by atoms with Crippen molar-refractivity contribution < 1.29 is 22.7 Å². The number of anilines is 1. The highest BCUT2D eigenvalue weighted by molar-refractivity contribution is 7.89. The van der Waals surface area contributed by atoms with Gasteiger partial charge in [-0.25, -0.2) is 13.1 Å². The number of hydrogen-bond donors (Lipinski definition) is 2. The fourth-order valence-corrected chi connectivity index (χ4v) is 5.79. The first kappa shape index (κ1) is 29.0. The highest BCUT2D eigenvalue weighted by Crippen LogP contribution is 2.33. The Hall–Kier alpha value is -4.47. The summed E-state index contributed by atoms with van der Waals surface area (Å²) < 4.78 is 34.0. The van der Waals surface area contributed by atoms with Gasteiger partial charge in [-0.15, -0.1) is 0 Å². The first-order chi connectivity index (χ1) is 20.4. The lowest BCUT2D eigenvalue weighted by Gasteiger charge is -2.34. The Morgan fingerprint density at radius 2 is 1.38 bits per heavy atom. The number of rotatable bonds is 11. The average molecular weight is 584 g/mol. The summed E-state index contributed by atoms with van der Waals surface area (Å²) in [4.78, 5) is 28.1. The second kappa shape index (κ2) is 13.5. The summed E-state index contributed by atoms with van der Waals surface area (Å²) >= 11 is 0. The highest BCUT2D eigenvalue weighted by Gasteiger charge is 2.33. The molecule has 42 heavy (non-hydrogen) atoms. The fraction of sp³-hybridized carbons (Fsp3) is 0.212. The van der Waals surface area contributed by atoms with Crippen LogP contribution >= 0.6 is 0 Å². The van der Waals surface area contributed by atoms with Crippen molar-refractivity contribution in [3.8, 4) is 5.75 Å². The Morgan fingerprint density at radius 1 is 0.762 bits per heavy atom. The van der Waals surface area contributed by atoms with Gasteiger partial charge in [-0.05, 0) is 53.8 Å². The van der Waals surface area contributed by atoms with Crippen LogP contribution in [0.5, 0.6) is 5.75 Å². The lowest BCUT2D eigenvalue weighted by Crippen LogP contribution is -2.51. The second-order valence-electron chi connectivity index (χ2n) is 10.1. The third-order valence-electron chi connectivity index (χ3n) is 7.09. The molecule has 0 aromatic heterocycles. The van der Waals surface area contributed by atoms with Gasteiger partial charge in [-0.3, -0.25) is 9.59 Å². The number of fused-ring (bicyclic) bond motifs is 1. The van der Waals surface area contributed by atoms with Gasteiger partial charge in [0.15, 0.2) is 6.10 Å². The average Bonchev–Trinajstić information content (AvgIpc) is 3.03. The highest BCUT2D eigenvalue weighted by atomic mass is 32.2. The van der Waals surface area contributed by atoms with Crippen LogP contribution in [0.1, 0.15) is 23.1 Å². The molecule has 4 aromatic carbocycles. The van der Waals surface area contributed by atoms with Crippen molar-refractivity contribution >= 4 is 27.5 Å². The predicted octanol–water partition coefficient (Wildman–Crippen LogP) is 4.25. The van der Waals surface area contributed by atoms with Gasteiger partial charge < -0.3 is 15.0 Å². The Balaban J connectivity index is 1.17. The zero-order valence-corrected chi connectivity index (χ0v) is 23.9. The van der Waals surface area contributed by atoms with Crippen molar-refractivity contribution in [2.45, 2.75) is 36.8 Å². The van der Waals surface area contributed by atoms with E-state index in [1.807, 2.05) is 72.8 Å². The molecule has 5 rings (SSSR count). The molecule has 9 heteroatoms. The molecule has 1 heterocycles. The quantitative estimate of drug-likeness (QED) is 0.275. The van der Waals surface area contributed by atoms with E-state index in [1.54, 1.807) is 41.3 Å². The number of ether oxygens (including phenoxy) is 1. The molecule has 2 amide bonds. The molecule has 1 aliphatic rings. The molecule has 0 aliphatic carbocycles. The van der Waals surface area contributed by atoms with Crippen molar-refractivity contribution in [3.05, 3.63) is 126 Å². The monoisotopic (exact) mass is 583 g/mol. The summed E-state index contributed by atoms with van der Waals surface area (Å²) in [7, 11) is -3.67. The number of carbonyl (C=O) groups excluding carboxylic acids is 2. The third kappa shape index (κ3) is 7.43. The van der Waals surface area contributed by atoms with Crippen molar-refractivity contribution in [1.82, 2.24) is 10.0 Å². The van der Waals surface area contributed by atoms with Crippen LogP contribution in [-0.4, -0.2) is 39.4 Å². The lowest BCUT2D eigenvalue weighted by atomic mass is 10.1. The van der Waals surface area contributed by atoms with Gasteiger partial charge in [0, 0.05) is 19.5 Å². The minimum Gasteiger partial charge on any atom is -0.477 e. The number of para-hydroxylation sites is 2. The van der Waals surface area contributed by atoms with Crippen molar-refractivity contribution in [3.63, 3.8) is 0 Å². The number of carbonyl (C=O) groups is 2. The van der Waals surface area contributed by atoms with Crippen LogP contribution in [0.3, 0.4) is 0 Å². The van der Waals surface area contributed by atoms with Gasteiger partial charge in [0.2, 0.25) is 15.9 Å².